The molecule has 0 radical (unpaired) electrons. The van der Waals surface area contributed by atoms with Crippen LogP contribution in [0.5, 0.6) is 5.75 Å². The largest absolute Gasteiger partial charge is 0.497 e. The first-order valence-corrected chi connectivity index (χ1v) is 10.1. The van der Waals surface area contributed by atoms with E-state index in [2.05, 4.69) is 36.5 Å². The second-order valence-corrected chi connectivity index (χ2v) is 8.04. The molecule has 3 nitrogen and oxygen atoms in total. The molecule has 5 heteroatoms. The molecule has 3 N–H and O–H groups in total. The molecule has 3 rings (SSSR count). The van der Waals surface area contributed by atoms with Gasteiger partial charge >= 0.3 is 0 Å². The summed E-state index contributed by atoms with van der Waals surface area (Å²) in [6, 6.07) is 22.4. The molecular weight excluding hydrogens is 360 g/mol. The second-order valence-electron chi connectivity index (χ2n) is 5.74. The van der Waals surface area contributed by atoms with Gasteiger partial charge in [-0.3, -0.25) is 0 Å². The van der Waals surface area contributed by atoms with Crippen molar-refractivity contribution in [1.29, 1.82) is 0 Å². The molecule has 0 saturated carbocycles. The molecule has 0 aliphatic rings. The van der Waals surface area contributed by atoms with Gasteiger partial charge in [-0.15, -0.1) is 11.3 Å². The van der Waals surface area contributed by atoms with E-state index >= 15 is 0 Å². The van der Waals surface area contributed by atoms with Crippen LogP contribution in [-0.2, 0) is 0 Å². The minimum Gasteiger partial charge on any atom is -0.497 e. The molecule has 0 amide bonds. The number of methoxy groups -OCH3 is 1. The van der Waals surface area contributed by atoms with Gasteiger partial charge in [0.25, 0.3) is 0 Å². The van der Waals surface area contributed by atoms with Crippen molar-refractivity contribution >= 4 is 34.5 Å². The van der Waals surface area contributed by atoms with Gasteiger partial charge in [-0.05, 0) is 48.2 Å². The van der Waals surface area contributed by atoms with Crippen molar-refractivity contribution in [1.82, 2.24) is 0 Å². The van der Waals surface area contributed by atoms with E-state index < -0.39 is 0 Å². The summed E-state index contributed by atoms with van der Waals surface area (Å²) >= 11 is 3.37. The molecular formula is C21H22N2OS2. The Balaban J connectivity index is 1.87. The molecule has 0 fully saturated rings. The number of ether oxygens (including phenoxy) is 1. The van der Waals surface area contributed by atoms with Crippen LogP contribution in [0.25, 0.3) is 5.70 Å². The SMILES string of the molecule is COc1ccc(N/C(SC(C)c2ccccc2)=C(/N)c2cccs2)cc1. The molecule has 0 saturated heterocycles. The smallest absolute Gasteiger partial charge is 0.119 e. The molecule has 3 aromatic rings. The zero-order valence-electron chi connectivity index (χ0n) is 14.8. The molecule has 0 bridgehead atoms. The quantitative estimate of drug-likeness (QED) is 0.530. The fourth-order valence-electron chi connectivity index (χ4n) is 2.48. The van der Waals surface area contributed by atoms with Crippen molar-refractivity contribution in [2.75, 3.05) is 12.4 Å². The predicted octanol–water partition coefficient (Wildman–Crippen LogP) is 5.95. The zero-order valence-corrected chi connectivity index (χ0v) is 16.4. The summed E-state index contributed by atoms with van der Waals surface area (Å²) in [6.07, 6.45) is 0. The minimum absolute atomic E-state index is 0.274. The molecule has 1 unspecified atom stereocenters. The van der Waals surface area contributed by atoms with Crippen molar-refractivity contribution in [3.8, 4) is 5.75 Å². The van der Waals surface area contributed by atoms with Gasteiger partial charge in [0, 0.05) is 10.9 Å². The first kappa shape index (κ1) is 18.4. The number of thiophene rings is 1. The highest BCUT2D eigenvalue weighted by molar-refractivity contribution is 8.03. The van der Waals surface area contributed by atoms with Crippen molar-refractivity contribution in [3.63, 3.8) is 0 Å². The summed E-state index contributed by atoms with van der Waals surface area (Å²) in [7, 11) is 1.67. The van der Waals surface area contributed by atoms with Gasteiger partial charge in [-0.2, -0.15) is 0 Å². The number of nitrogens with one attached hydrogen (secondary N) is 1. The van der Waals surface area contributed by atoms with Gasteiger partial charge in [0.2, 0.25) is 0 Å². The van der Waals surface area contributed by atoms with Crippen LogP contribution in [0, 0.1) is 0 Å². The summed E-state index contributed by atoms with van der Waals surface area (Å²) in [5.74, 6) is 0.831. The fraction of sp³-hybridized carbons (Fsp3) is 0.143. The van der Waals surface area contributed by atoms with Crippen molar-refractivity contribution < 1.29 is 4.74 Å². The van der Waals surface area contributed by atoms with Crippen LogP contribution >= 0.6 is 23.1 Å². The lowest BCUT2D eigenvalue weighted by Gasteiger charge is -2.18. The Kier molecular flexibility index (Phi) is 6.26. The Hall–Kier alpha value is -2.37. The average Bonchev–Trinajstić information content (AvgIpc) is 3.23. The highest BCUT2D eigenvalue weighted by atomic mass is 32.2. The number of anilines is 1. The third kappa shape index (κ3) is 4.62. The molecule has 26 heavy (non-hydrogen) atoms. The van der Waals surface area contributed by atoms with E-state index in [4.69, 9.17) is 10.5 Å². The van der Waals surface area contributed by atoms with Crippen molar-refractivity contribution in [2.45, 2.75) is 12.2 Å². The normalized spacial score (nSPS) is 13.0. The van der Waals surface area contributed by atoms with E-state index in [0.29, 0.717) is 0 Å². The Labute approximate surface area is 162 Å². The van der Waals surface area contributed by atoms with E-state index in [1.54, 1.807) is 30.2 Å². The molecule has 134 valence electrons. The van der Waals surface area contributed by atoms with Gasteiger partial charge in [0.05, 0.1) is 22.7 Å². The van der Waals surface area contributed by atoms with E-state index in [0.717, 1.165) is 27.0 Å². The predicted molar refractivity (Wildman–Crippen MR) is 114 cm³/mol. The molecule has 0 aliphatic carbocycles. The van der Waals surface area contributed by atoms with Crippen LogP contribution in [0.4, 0.5) is 5.69 Å². The maximum atomic E-state index is 6.50. The van der Waals surface area contributed by atoms with E-state index in [9.17, 15) is 0 Å². The number of hydrogen-bond acceptors (Lipinski definition) is 5. The first-order chi connectivity index (χ1) is 12.7. The zero-order chi connectivity index (χ0) is 18.4. The Morgan fingerprint density at radius 3 is 2.38 bits per heavy atom. The third-order valence-corrected chi connectivity index (χ3v) is 6.03. The van der Waals surface area contributed by atoms with E-state index in [1.807, 2.05) is 47.8 Å². The molecule has 1 atom stereocenters. The van der Waals surface area contributed by atoms with E-state index in [-0.39, 0.29) is 5.25 Å². The number of benzene rings is 2. The van der Waals surface area contributed by atoms with Crippen LogP contribution in [-0.4, -0.2) is 7.11 Å². The first-order valence-electron chi connectivity index (χ1n) is 8.33. The second kappa shape index (κ2) is 8.83. The summed E-state index contributed by atoms with van der Waals surface area (Å²) in [6.45, 7) is 2.19. The lowest BCUT2D eigenvalue weighted by Crippen LogP contribution is -2.07. The monoisotopic (exact) mass is 382 g/mol. The lowest BCUT2D eigenvalue weighted by molar-refractivity contribution is 0.415. The summed E-state index contributed by atoms with van der Waals surface area (Å²) in [5.41, 5.74) is 9.51. The molecule has 0 spiro atoms. The summed E-state index contributed by atoms with van der Waals surface area (Å²) in [5, 5.41) is 6.75. The van der Waals surface area contributed by atoms with Crippen LogP contribution in [0.2, 0.25) is 0 Å². The molecule has 0 aliphatic heterocycles. The fourth-order valence-corrected chi connectivity index (χ4v) is 4.29. The highest BCUT2D eigenvalue weighted by Gasteiger charge is 2.14. The van der Waals surface area contributed by atoms with Gasteiger partial charge in [0.1, 0.15) is 5.75 Å². The Morgan fingerprint density at radius 2 is 1.77 bits per heavy atom. The Morgan fingerprint density at radius 1 is 1.04 bits per heavy atom. The number of nitrogens with two attached hydrogens (primary N) is 1. The van der Waals surface area contributed by atoms with Gasteiger partial charge in [-0.25, -0.2) is 0 Å². The van der Waals surface area contributed by atoms with Crippen molar-refractivity contribution in [2.24, 2.45) is 5.73 Å². The maximum Gasteiger partial charge on any atom is 0.119 e. The number of thioether (sulfide) groups is 1. The Bertz CT molecular complexity index is 843. The highest BCUT2D eigenvalue weighted by Crippen LogP contribution is 2.38. The van der Waals surface area contributed by atoms with Crippen LogP contribution in [0.3, 0.4) is 0 Å². The number of rotatable bonds is 7. The van der Waals surface area contributed by atoms with Gasteiger partial charge < -0.3 is 15.8 Å². The van der Waals surface area contributed by atoms with Crippen LogP contribution < -0.4 is 15.8 Å². The summed E-state index contributed by atoms with van der Waals surface area (Å²) in [4.78, 5) is 1.06. The van der Waals surface area contributed by atoms with E-state index in [1.165, 1.54) is 5.56 Å². The molecule has 1 heterocycles. The van der Waals surface area contributed by atoms with Gasteiger partial charge in [-0.1, -0.05) is 48.2 Å². The average molecular weight is 383 g/mol. The minimum atomic E-state index is 0.274. The maximum absolute atomic E-state index is 6.50. The standard InChI is InChI=1S/C21H22N2OS2/c1-15(16-7-4-3-5-8-16)26-21(20(22)19-9-6-14-25-19)23-17-10-12-18(24-2)13-11-17/h3-15,23H,22H2,1-2H3/b21-20-. The topological polar surface area (TPSA) is 47.3 Å². The van der Waals surface area contributed by atoms with Gasteiger partial charge in [0.15, 0.2) is 0 Å². The van der Waals surface area contributed by atoms with Crippen molar-refractivity contribution in [3.05, 3.63) is 87.6 Å². The number of hydrogen-bond donors (Lipinski definition) is 2. The third-order valence-electron chi connectivity index (χ3n) is 3.94. The van der Waals surface area contributed by atoms with Crippen LogP contribution in [0.1, 0.15) is 22.6 Å². The molecule has 1 aromatic heterocycles. The summed E-state index contributed by atoms with van der Waals surface area (Å²) < 4.78 is 5.23. The van der Waals surface area contributed by atoms with Crippen LogP contribution in [0.15, 0.2) is 77.1 Å². The molecule has 2 aromatic carbocycles. The lowest BCUT2D eigenvalue weighted by atomic mass is 10.2.